The van der Waals surface area contributed by atoms with Crippen LogP contribution in [0.3, 0.4) is 0 Å². The number of sulfonamides is 1. The molecule has 0 saturated heterocycles. The van der Waals surface area contributed by atoms with Crippen molar-refractivity contribution in [1.82, 2.24) is 15.0 Å². The highest BCUT2D eigenvalue weighted by atomic mass is 32.2. The summed E-state index contributed by atoms with van der Waals surface area (Å²) in [5, 5.41) is 5.04. The lowest BCUT2D eigenvalue weighted by atomic mass is 10.0. The summed E-state index contributed by atoms with van der Waals surface area (Å²) in [5.74, 6) is 0. The summed E-state index contributed by atoms with van der Waals surface area (Å²) >= 11 is 0. The van der Waals surface area contributed by atoms with Gasteiger partial charge >= 0.3 is 0 Å². The van der Waals surface area contributed by atoms with Gasteiger partial charge in [0.05, 0.1) is 4.90 Å². The van der Waals surface area contributed by atoms with Crippen molar-refractivity contribution in [2.75, 3.05) is 7.05 Å². The van der Waals surface area contributed by atoms with Crippen LogP contribution in [-0.2, 0) is 16.4 Å². The zero-order valence-corrected chi connectivity index (χ0v) is 17.1. The Hall–Kier alpha value is -2.28. The zero-order valence-electron chi connectivity index (χ0n) is 16.3. The van der Waals surface area contributed by atoms with Crippen LogP contribution in [0.2, 0.25) is 0 Å². The van der Waals surface area contributed by atoms with Gasteiger partial charge in [0.25, 0.3) is 0 Å². The Balaban J connectivity index is 1.63. The highest BCUT2D eigenvalue weighted by Crippen LogP contribution is 2.19. The van der Waals surface area contributed by atoms with Crippen molar-refractivity contribution in [1.29, 1.82) is 0 Å². The molecule has 2 N–H and O–H groups in total. The Morgan fingerprint density at radius 1 is 1.04 bits per heavy atom. The molecule has 2 aromatic carbocycles. The van der Waals surface area contributed by atoms with Crippen LogP contribution in [0.15, 0.2) is 71.9 Å². The zero-order chi connectivity index (χ0) is 20.0. The van der Waals surface area contributed by atoms with Crippen LogP contribution in [0.4, 0.5) is 0 Å². The van der Waals surface area contributed by atoms with Gasteiger partial charge in [-0.1, -0.05) is 36.4 Å². The summed E-state index contributed by atoms with van der Waals surface area (Å²) in [5.41, 5.74) is 1.30. The summed E-state index contributed by atoms with van der Waals surface area (Å²) in [6.07, 6.45) is 6.25. The van der Waals surface area contributed by atoms with E-state index < -0.39 is 10.0 Å². The van der Waals surface area contributed by atoms with Gasteiger partial charge in [0.15, 0.2) is 0 Å². The Kier molecular flexibility index (Phi) is 6.78. The molecule has 0 aliphatic carbocycles. The van der Waals surface area contributed by atoms with Crippen LogP contribution in [0.1, 0.15) is 25.3 Å². The fourth-order valence-electron chi connectivity index (χ4n) is 3.44. The SMILES string of the molecule is CNC(CCCc1ccccc1)[C@@H](C)NS(=O)(=O)c1ccc2cnccc2c1. The number of aryl methyl sites for hydroxylation is 1. The average molecular weight is 398 g/mol. The number of rotatable bonds is 9. The maximum absolute atomic E-state index is 12.8. The van der Waals surface area contributed by atoms with Crippen LogP contribution in [0.25, 0.3) is 10.8 Å². The number of likely N-dealkylation sites (N-methyl/N-ethyl adjacent to an activating group) is 1. The number of pyridine rings is 1. The fourth-order valence-corrected chi connectivity index (χ4v) is 4.76. The van der Waals surface area contributed by atoms with Crippen molar-refractivity contribution in [2.24, 2.45) is 0 Å². The lowest BCUT2D eigenvalue weighted by Crippen LogP contribution is -2.47. The second-order valence-corrected chi connectivity index (χ2v) is 8.78. The molecule has 5 nitrogen and oxygen atoms in total. The normalized spacial score (nSPS) is 14.1. The van der Waals surface area contributed by atoms with Gasteiger partial charge in [0.2, 0.25) is 10.0 Å². The first-order chi connectivity index (χ1) is 13.5. The molecule has 0 amide bonds. The third-order valence-corrected chi connectivity index (χ3v) is 6.62. The lowest BCUT2D eigenvalue weighted by molar-refractivity contribution is 0.416. The molecule has 0 fully saturated rings. The van der Waals surface area contributed by atoms with Crippen molar-refractivity contribution in [3.63, 3.8) is 0 Å². The predicted molar refractivity (Wildman–Crippen MR) is 114 cm³/mol. The monoisotopic (exact) mass is 397 g/mol. The van der Waals surface area contributed by atoms with Gasteiger partial charge in [0, 0.05) is 29.9 Å². The first-order valence-electron chi connectivity index (χ1n) is 9.57. The highest BCUT2D eigenvalue weighted by molar-refractivity contribution is 7.89. The van der Waals surface area contributed by atoms with E-state index in [0.29, 0.717) is 0 Å². The Morgan fingerprint density at radius 3 is 2.57 bits per heavy atom. The average Bonchev–Trinajstić information content (AvgIpc) is 2.71. The van der Waals surface area contributed by atoms with Crippen LogP contribution in [0.5, 0.6) is 0 Å². The Bertz CT molecular complexity index is 1010. The molecular weight excluding hydrogens is 370 g/mol. The predicted octanol–water partition coefficient (Wildman–Crippen LogP) is 3.51. The number of nitrogens with one attached hydrogen (secondary N) is 2. The first-order valence-corrected chi connectivity index (χ1v) is 11.1. The molecule has 148 valence electrons. The number of hydrogen-bond acceptors (Lipinski definition) is 4. The molecule has 3 aromatic rings. The number of aromatic nitrogens is 1. The van der Waals surface area contributed by atoms with Crippen molar-refractivity contribution >= 4 is 20.8 Å². The minimum atomic E-state index is -3.59. The Morgan fingerprint density at radius 2 is 1.82 bits per heavy atom. The summed E-state index contributed by atoms with van der Waals surface area (Å²) in [6.45, 7) is 1.91. The van der Waals surface area contributed by atoms with Crippen molar-refractivity contribution in [3.8, 4) is 0 Å². The van der Waals surface area contributed by atoms with Crippen LogP contribution >= 0.6 is 0 Å². The minimum absolute atomic E-state index is 0.0585. The molecule has 1 heterocycles. The molecule has 28 heavy (non-hydrogen) atoms. The number of fused-ring (bicyclic) bond motifs is 1. The molecule has 0 saturated carbocycles. The highest BCUT2D eigenvalue weighted by Gasteiger charge is 2.23. The maximum atomic E-state index is 12.8. The van der Waals surface area contributed by atoms with Gasteiger partial charge in [-0.15, -0.1) is 0 Å². The van der Waals surface area contributed by atoms with Crippen molar-refractivity contribution in [2.45, 2.75) is 43.2 Å². The molecule has 3 rings (SSSR count). The molecule has 1 unspecified atom stereocenters. The van der Waals surface area contributed by atoms with Gasteiger partial charge in [-0.3, -0.25) is 4.98 Å². The number of nitrogens with zero attached hydrogens (tertiary/aromatic N) is 1. The molecule has 2 atom stereocenters. The lowest BCUT2D eigenvalue weighted by Gasteiger charge is -2.24. The molecule has 6 heteroatoms. The summed E-state index contributed by atoms with van der Waals surface area (Å²) in [7, 11) is -1.72. The Labute approximate surface area is 167 Å². The minimum Gasteiger partial charge on any atom is -0.315 e. The third kappa shape index (κ3) is 5.16. The number of benzene rings is 2. The quantitative estimate of drug-likeness (QED) is 0.580. The molecule has 0 aliphatic rings. The van der Waals surface area contributed by atoms with Gasteiger partial charge in [-0.2, -0.15) is 0 Å². The van der Waals surface area contributed by atoms with E-state index in [0.717, 1.165) is 30.0 Å². The number of hydrogen-bond donors (Lipinski definition) is 2. The molecule has 0 bridgehead atoms. The molecule has 0 radical (unpaired) electrons. The van der Waals surface area contributed by atoms with Crippen LogP contribution < -0.4 is 10.0 Å². The summed E-state index contributed by atoms with van der Waals surface area (Å²) < 4.78 is 28.5. The fraction of sp³-hybridized carbons (Fsp3) is 0.318. The van der Waals surface area contributed by atoms with Gasteiger partial charge < -0.3 is 5.32 Å². The van der Waals surface area contributed by atoms with E-state index in [-0.39, 0.29) is 17.0 Å². The first kappa shape index (κ1) is 20.5. The smallest absolute Gasteiger partial charge is 0.240 e. The summed E-state index contributed by atoms with van der Waals surface area (Å²) in [4.78, 5) is 4.34. The van der Waals surface area contributed by atoms with E-state index in [1.165, 1.54) is 5.56 Å². The van der Waals surface area contributed by atoms with Gasteiger partial charge in [-0.05, 0) is 62.4 Å². The maximum Gasteiger partial charge on any atom is 0.240 e. The molecular formula is C22H27N3O2S. The van der Waals surface area contributed by atoms with Gasteiger partial charge in [0.1, 0.15) is 0 Å². The topological polar surface area (TPSA) is 71.1 Å². The van der Waals surface area contributed by atoms with E-state index in [4.69, 9.17) is 0 Å². The van der Waals surface area contributed by atoms with Gasteiger partial charge in [-0.25, -0.2) is 13.1 Å². The van der Waals surface area contributed by atoms with E-state index in [2.05, 4.69) is 27.2 Å². The van der Waals surface area contributed by atoms with E-state index >= 15 is 0 Å². The van der Waals surface area contributed by atoms with E-state index in [1.807, 2.05) is 38.2 Å². The standard InChI is InChI=1S/C22H27N3O2S/c1-17(22(23-2)10-6-9-18-7-4-3-5-8-18)25-28(26,27)21-12-11-20-16-24-14-13-19(20)15-21/h3-5,7-8,11-17,22-23,25H,6,9-10H2,1-2H3/t17-,22?/m1/s1. The summed E-state index contributed by atoms with van der Waals surface area (Å²) in [6, 6.07) is 17.1. The van der Waals surface area contributed by atoms with E-state index in [1.54, 1.807) is 30.6 Å². The van der Waals surface area contributed by atoms with Crippen molar-refractivity contribution < 1.29 is 8.42 Å². The third-order valence-electron chi connectivity index (χ3n) is 5.06. The molecule has 0 aliphatic heterocycles. The molecule has 0 spiro atoms. The largest absolute Gasteiger partial charge is 0.315 e. The van der Waals surface area contributed by atoms with Crippen molar-refractivity contribution in [3.05, 3.63) is 72.6 Å². The second-order valence-electron chi connectivity index (χ2n) is 7.07. The van der Waals surface area contributed by atoms with Crippen LogP contribution in [0, 0.1) is 0 Å². The van der Waals surface area contributed by atoms with E-state index in [9.17, 15) is 8.42 Å². The second kappa shape index (κ2) is 9.28. The molecule has 1 aromatic heterocycles. The van der Waals surface area contributed by atoms with Crippen LogP contribution in [-0.4, -0.2) is 32.5 Å².